The van der Waals surface area contributed by atoms with E-state index < -0.39 is 57.1 Å². The van der Waals surface area contributed by atoms with E-state index in [-0.39, 0.29) is 23.3 Å². The maximum Gasteiger partial charge on any atom is 0.407 e. The SMILES string of the molecule is CNC(=O)c1nn(CC2(n3ccc4ccc(Cl)cc43)CCCC2)cc(O)c1=O.Cc1cn(C2(Cn3cc(O)c(=O)c(C(=O)NC(C)(C)CNC(=O)OC(C)(C)C)n3)CCCC2)c2ncccc12. The first kappa shape index (κ1) is 48.2. The second kappa shape index (κ2) is 18.9. The molecule has 0 saturated heterocycles. The number of carbonyl (C=O) groups is 3. The number of amides is 3. The highest BCUT2D eigenvalue weighted by Crippen LogP contribution is 2.42. The van der Waals surface area contributed by atoms with Crippen molar-refractivity contribution < 1.29 is 29.3 Å². The second-order valence-electron chi connectivity index (χ2n) is 19.4. The lowest BCUT2D eigenvalue weighted by molar-refractivity contribution is 0.0509. The van der Waals surface area contributed by atoms with Gasteiger partial charge in [-0.05, 0) is 109 Å². The summed E-state index contributed by atoms with van der Waals surface area (Å²) in [5, 5.41) is 39.7. The Balaban J connectivity index is 0.000000209. The first-order valence-corrected chi connectivity index (χ1v) is 22.8. The van der Waals surface area contributed by atoms with E-state index in [2.05, 4.69) is 59.5 Å². The van der Waals surface area contributed by atoms with Gasteiger partial charge in [-0.2, -0.15) is 10.2 Å². The molecule has 18 nitrogen and oxygen atoms in total. The standard InChI is InChI=1S/C28H38N6O5.C20H21ClN4O3/c1-18-14-34(23-19(18)10-9-13-29-23)28(11-7-8-12-28)17-33-15-20(35)22(36)21(32-33)24(37)31-27(5,6)16-30-25(38)39-26(2,3)4;1-22-19(28)17-18(27)16(26)11-24(23-17)12-20(7-2-3-8-20)25-9-6-13-4-5-14(21)10-15(13)25/h9-10,13-15,35H,7-8,11-12,16-17H2,1-6H3,(H,30,38)(H,31,37);4-6,9-11,26H,2-3,7-8,12H2,1H3,(H,22,28). The lowest BCUT2D eigenvalue weighted by atomic mass is 9.96. The summed E-state index contributed by atoms with van der Waals surface area (Å²) in [5.41, 5.74) is -1.58. The first-order chi connectivity index (χ1) is 31.6. The molecule has 2 aliphatic rings. The molecular formula is C48H59ClN10O8. The number of rotatable bonds is 11. The Labute approximate surface area is 392 Å². The number of aromatic hydroxyl groups is 2. The predicted molar refractivity (Wildman–Crippen MR) is 254 cm³/mol. The van der Waals surface area contributed by atoms with Crippen molar-refractivity contribution in [2.75, 3.05) is 13.6 Å². The molecule has 3 amide bonds. The van der Waals surface area contributed by atoms with Gasteiger partial charge in [-0.1, -0.05) is 43.4 Å². The molecule has 1 aromatic carbocycles. The van der Waals surface area contributed by atoms with E-state index in [0.29, 0.717) is 18.1 Å². The number of halogens is 1. The third kappa shape index (κ3) is 10.5. The Bertz CT molecular complexity index is 2950. The van der Waals surface area contributed by atoms with Crippen LogP contribution >= 0.6 is 11.6 Å². The highest BCUT2D eigenvalue weighted by molar-refractivity contribution is 6.31. The molecule has 356 valence electrons. The van der Waals surface area contributed by atoms with Crippen LogP contribution in [0.4, 0.5) is 4.79 Å². The molecule has 6 aromatic rings. The number of aryl methyl sites for hydroxylation is 1. The number of benzene rings is 1. The number of pyridine rings is 1. The Morgan fingerprint density at radius 1 is 0.806 bits per heavy atom. The third-order valence-electron chi connectivity index (χ3n) is 12.5. The number of carbonyl (C=O) groups excluding carboxylic acids is 3. The van der Waals surface area contributed by atoms with Crippen molar-refractivity contribution in [3.63, 3.8) is 0 Å². The maximum absolute atomic E-state index is 13.2. The summed E-state index contributed by atoms with van der Waals surface area (Å²) in [6, 6.07) is 11.8. The number of fused-ring (bicyclic) bond motifs is 2. The van der Waals surface area contributed by atoms with Crippen LogP contribution in [0.25, 0.3) is 21.9 Å². The molecule has 2 fully saturated rings. The fourth-order valence-corrected chi connectivity index (χ4v) is 9.53. The quantitative estimate of drug-likeness (QED) is 0.0942. The van der Waals surface area contributed by atoms with Gasteiger partial charge in [0.05, 0.1) is 47.6 Å². The monoisotopic (exact) mass is 938 g/mol. The molecule has 8 rings (SSSR count). The summed E-state index contributed by atoms with van der Waals surface area (Å²) >= 11 is 6.23. The maximum atomic E-state index is 13.2. The molecule has 0 spiro atoms. The summed E-state index contributed by atoms with van der Waals surface area (Å²) in [7, 11) is 1.42. The highest BCUT2D eigenvalue weighted by Gasteiger charge is 2.39. The minimum Gasteiger partial charge on any atom is -0.503 e. The number of hydrogen-bond donors (Lipinski definition) is 5. The van der Waals surface area contributed by atoms with Crippen molar-refractivity contribution >= 4 is 51.4 Å². The summed E-state index contributed by atoms with van der Waals surface area (Å²) in [6.07, 6.45) is 15.6. The minimum atomic E-state index is -0.932. The van der Waals surface area contributed by atoms with Gasteiger partial charge in [-0.25, -0.2) is 9.78 Å². The highest BCUT2D eigenvalue weighted by atomic mass is 35.5. The molecule has 0 unspecified atom stereocenters. The fraction of sp³-hybridized carbons (Fsp3) is 0.458. The lowest BCUT2D eigenvalue weighted by Crippen LogP contribution is -2.53. The summed E-state index contributed by atoms with van der Waals surface area (Å²) in [6.45, 7) is 11.5. The van der Waals surface area contributed by atoms with Crippen LogP contribution in [-0.2, 0) is 28.9 Å². The fourth-order valence-electron chi connectivity index (χ4n) is 9.36. The van der Waals surface area contributed by atoms with E-state index in [1.807, 2.05) is 36.5 Å². The second-order valence-corrected chi connectivity index (χ2v) is 19.8. The molecular weight excluding hydrogens is 880 g/mol. The first-order valence-electron chi connectivity index (χ1n) is 22.5. The zero-order valence-electron chi connectivity index (χ0n) is 39.0. The van der Waals surface area contributed by atoms with Crippen molar-refractivity contribution in [2.45, 2.75) is 128 Å². The van der Waals surface area contributed by atoms with Gasteiger partial charge >= 0.3 is 6.09 Å². The van der Waals surface area contributed by atoms with Gasteiger partial charge in [0.25, 0.3) is 22.7 Å². The molecule has 5 aromatic heterocycles. The number of alkyl carbamates (subject to hydrolysis) is 1. The number of ether oxygens (including phenoxy) is 1. The number of aromatic nitrogens is 7. The Morgan fingerprint density at radius 2 is 1.37 bits per heavy atom. The Hall–Kier alpha value is -6.69. The van der Waals surface area contributed by atoms with Crippen molar-refractivity contribution in [3.8, 4) is 11.5 Å². The minimum absolute atomic E-state index is 0.0524. The van der Waals surface area contributed by atoms with Crippen molar-refractivity contribution in [1.82, 2.24) is 49.6 Å². The van der Waals surface area contributed by atoms with E-state index in [0.717, 1.165) is 78.9 Å². The number of nitrogens with zero attached hydrogens (tertiary/aromatic N) is 7. The lowest BCUT2D eigenvalue weighted by Gasteiger charge is -2.32. The van der Waals surface area contributed by atoms with Crippen LogP contribution < -0.4 is 26.8 Å². The molecule has 19 heteroatoms. The van der Waals surface area contributed by atoms with Crippen LogP contribution in [0.2, 0.25) is 5.02 Å². The largest absolute Gasteiger partial charge is 0.503 e. The Kier molecular flexibility index (Phi) is 13.6. The molecule has 0 bridgehead atoms. The van der Waals surface area contributed by atoms with Gasteiger partial charge in [0.2, 0.25) is 0 Å². The molecule has 5 heterocycles. The van der Waals surface area contributed by atoms with E-state index in [9.17, 15) is 34.2 Å². The van der Waals surface area contributed by atoms with E-state index >= 15 is 0 Å². The van der Waals surface area contributed by atoms with Crippen LogP contribution in [-0.4, -0.2) is 86.5 Å². The van der Waals surface area contributed by atoms with Gasteiger partial charge in [0.1, 0.15) is 11.2 Å². The normalized spacial score (nSPS) is 15.5. The molecule has 0 atom stereocenters. The average Bonchev–Trinajstić information content (AvgIpc) is 4.09. The molecule has 67 heavy (non-hydrogen) atoms. The molecule has 0 aliphatic heterocycles. The van der Waals surface area contributed by atoms with Crippen LogP contribution in [0.3, 0.4) is 0 Å². The van der Waals surface area contributed by atoms with Gasteiger partial charge < -0.3 is 40.0 Å². The predicted octanol–water partition coefficient (Wildman–Crippen LogP) is 6.50. The Morgan fingerprint density at radius 3 is 1.94 bits per heavy atom. The van der Waals surface area contributed by atoms with E-state index in [1.165, 1.54) is 28.8 Å². The van der Waals surface area contributed by atoms with Crippen LogP contribution in [0.5, 0.6) is 11.5 Å². The van der Waals surface area contributed by atoms with Crippen molar-refractivity contribution in [1.29, 1.82) is 0 Å². The topological polar surface area (TPSA) is 230 Å². The summed E-state index contributed by atoms with van der Waals surface area (Å²) < 4.78 is 12.6. The van der Waals surface area contributed by atoms with Gasteiger partial charge in [0.15, 0.2) is 22.9 Å². The van der Waals surface area contributed by atoms with Crippen LogP contribution in [0, 0.1) is 6.92 Å². The number of hydrogen-bond acceptors (Lipinski definition) is 11. The molecule has 0 radical (unpaired) electrons. The van der Waals surface area contributed by atoms with Gasteiger partial charge in [-0.15, -0.1) is 0 Å². The molecule has 2 saturated carbocycles. The van der Waals surface area contributed by atoms with Gasteiger partial charge in [-0.3, -0.25) is 28.5 Å². The third-order valence-corrected chi connectivity index (χ3v) is 12.7. The average molecular weight is 940 g/mol. The van der Waals surface area contributed by atoms with Crippen molar-refractivity contribution in [2.24, 2.45) is 0 Å². The summed E-state index contributed by atoms with van der Waals surface area (Å²) in [5.74, 6) is -2.40. The zero-order valence-corrected chi connectivity index (χ0v) is 39.7. The smallest absolute Gasteiger partial charge is 0.407 e. The number of nitrogens with one attached hydrogen (secondary N) is 3. The zero-order chi connectivity index (χ0) is 48.5. The van der Waals surface area contributed by atoms with Gasteiger partial charge in [0, 0.05) is 42.6 Å². The van der Waals surface area contributed by atoms with E-state index in [4.69, 9.17) is 16.3 Å². The molecule has 5 N–H and O–H groups in total. The molecule has 2 aliphatic carbocycles. The van der Waals surface area contributed by atoms with Crippen LogP contribution in [0.1, 0.15) is 113 Å². The van der Waals surface area contributed by atoms with E-state index in [1.54, 1.807) is 40.8 Å². The van der Waals surface area contributed by atoms with Crippen LogP contribution in [0.15, 0.2) is 77.0 Å². The van der Waals surface area contributed by atoms with Crippen molar-refractivity contribution in [3.05, 3.63) is 110 Å². The summed E-state index contributed by atoms with van der Waals surface area (Å²) in [4.78, 5) is 66.6.